The molecule has 0 heterocycles. The molecule has 0 unspecified atom stereocenters. The molecule has 1 atom stereocenters. The van der Waals surface area contributed by atoms with E-state index >= 15 is 0 Å². The molecule has 1 rings (SSSR count). The molecule has 116 valence electrons. The minimum absolute atomic E-state index is 0.166. The Morgan fingerprint density at radius 3 is 2.52 bits per heavy atom. The first kappa shape index (κ1) is 17.2. The van der Waals surface area contributed by atoms with Crippen LogP contribution in [0.15, 0.2) is 24.3 Å². The van der Waals surface area contributed by atoms with Crippen LogP contribution in [0.1, 0.15) is 31.4 Å². The fourth-order valence-electron chi connectivity index (χ4n) is 2.12. The number of methoxy groups -OCH3 is 1. The number of ether oxygens (including phenoxy) is 1. The van der Waals surface area contributed by atoms with Crippen molar-refractivity contribution in [2.45, 2.75) is 39.3 Å². The zero-order chi connectivity index (χ0) is 15.8. The summed E-state index contributed by atoms with van der Waals surface area (Å²) in [6.07, 6.45) is 0.588. The summed E-state index contributed by atoms with van der Waals surface area (Å²) in [5.41, 5.74) is 1.83. The first-order valence-electron chi connectivity index (χ1n) is 7.01. The van der Waals surface area contributed by atoms with E-state index in [2.05, 4.69) is 5.32 Å². The minimum atomic E-state index is -0.995. The number of carbonyl (C=O) groups is 2. The summed E-state index contributed by atoms with van der Waals surface area (Å²) in [7, 11) is 1.61. The van der Waals surface area contributed by atoms with E-state index in [4.69, 9.17) is 9.84 Å². The lowest BCUT2D eigenvalue weighted by Gasteiger charge is -2.16. The third-order valence-corrected chi connectivity index (χ3v) is 3.01. The van der Waals surface area contributed by atoms with E-state index < -0.39 is 12.0 Å². The average molecular weight is 293 g/mol. The number of hydrogen-bond acceptors (Lipinski definition) is 3. The molecule has 0 saturated carbocycles. The molecular formula is C16H23NO4. The molecule has 5 nitrogen and oxygen atoms in total. The lowest BCUT2D eigenvalue weighted by Crippen LogP contribution is -2.42. The van der Waals surface area contributed by atoms with Crippen LogP contribution in [0.3, 0.4) is 0 Å². The van der Waals surface area contributed by atoms with Gasteiger partial charge in [-0.25, -0.2) is 4.79 Å². The van der Waals surface area contributed by atoms with Gasteiger partial charge in [-0.2, -0.15) is 0 Å². The van der Waals surface area contributed by atoms with Gasteiger partial charge in [-0.05, 0) is 23.5 Å². The van der Waals surface area contributed by atoms with Crippen molar-refractivity contribution in [3.05, 3.63) is 35.4 Å². The molecule has 0 saturated heterocycles. The fourth-order valence-corrected chi connectivity index (χ4v) is 2.12. The summed E-state index contributed by atoms with van der Waals surface area (Å²) in [4.78, 5) is 23.1. The second-order valence-electron chi connectivity index (χ2n) is 5.52. The lowest BCUT2D eigenvalue weighted by atomic mass is 10.0. The van der Waals surface area contributed by atoms with E-state index in [1.165, 1.54) is 0 Å². The molecule has 1 aromatic rings. The Kier molecular flexibility index (Phi) is 6.88. The number of aliphatic carboxylic acids is 1. The highest BCUT2D eigenvalue weighted by atomic mass is 16.5. The zero-order valence-corrected chi connectivity index (χ0v) is 12.8. The van der Waals surface area contributed by atoms with Gasteiger partial charge < -0.3 is 15.2 Å². The van der Waals surface area contributed by atoms with Crippen LogP contribution < -0.4 is 5.32 Å². The third-order valence-electron chi connectivity index (χ3n) is 3.01. The summed E-state index contributed by atoms with van der Waals surface area (Å²) in [5.74, 6) is -1.07. The topological polar surface area (TPSA) is 75.6 Å². The van der Waals surface area contributed by atoms with Crippen molar-refractivity contribution in [3.63, 3.8) is 0 Å². The summed E-state index contributed by atoms with van der Waals surface area (Å²) < 4.78 is 5.05. The van der Waals surface area contributed by atoms with Gasteiger partial charge in [-0.1, -0.05) is 38.1 Å². The molecule has 0 aliphatic heterocycles. The Labute approximate surface area is 125 Å². The van der Waals surface area contributed by atoms with Crippen molar-refractivity contribution in [1.82, 2.24) is 5.32 Å². The van der Waals surface area contributed by atoms with E-state index in [1.807, 2.05) is 38.1 Å². The number of carboxylic acid groups (broad SMARTS) is 1. The van der Waals surface area contributed by atoms with E-state index in [1.54, 1.807) is 7.11 Å². The van der Waals surface area contributed by atoms with Crippen molar-refractivity contribution in [2.75, 3.05) is 7.11 Å². The van der Waals surface area contributed by atoms with Crippen LogP contribution in [0.4, 0.5) is 0 Å². The number of rotatable bonds is 8. The van der Waals surface area contributed by atoms with Crippen LogP contribution in [-0.2, 0) is 27.4 Å². The molecule has 5 heteroatoms. The highest BCUT2D eigenvalue weighted by Crippen LogP contribution is 2.09. The fraction of sp³-hybridized carbons (Fsp3) is 0.500. The molecule has 0 spiro atoms. The van der Waals surface area contributed by atoms with Gasteiger partial charge in [-0.3, -0.25) is 4.79 Å². The predicted molar refractivity (Wildman–Crippen MR) is 79.9 cm³/mol. The van der Waals surface area contributed by atoms with Crippen molar-refractivity contribution < 1.29 is 19.4 Å². The first-order chi connectivity index (χ1) is 9.92. The summed E-state index contributed by atoms with van der Waals surface area (Å²) in [6, 6.07) is 6.68. The molecule has 2 N–H and O–H groups in total. The van der Waals surface area contributed by atoms with Crippen molar-refractivity contribution in [3.8, 4) is 0 Å². The largest absolute Gasteiger partial charge is 0.480 e. The Hall–Kier alpha value is -1.88. The van der Waals surface area contributed by atoms with Crippen LogP contribution in [0.2, 0.25) is 0 Å². The molecule has 0 fully saturated rings. The first-order valence-corrected chi connectivity index (χ1v) is 7.01. The third kappa shape index (κ3) is 6.40. The van der Waals surface area contributed by atoms with E-state index in [-0.39, 0.29) is 18.2 Å². The normalized spacial score (nSPS) is 12.2. The van der Waals surface area contributed by atoms with Crippen LogP contribution in [-0.4, -0.2) is 30.1 Å². The molecule has 1 aromatic carbocycles. The van der Waals surface area contributed by atoms with Crippen LogP contribution >= 0.6 is 0 Å². The molecule has 0 radical (unpaired) electrons. The van der Waals surface area contributed by atoms with Gasteiger partial charge in [0.1, 0.15) is 6.04 Å². The van der Waals surface area contributed by atoms with Crippen molar-refractivity contribution >= 4 is 11.9 Å². The molecule has 1 amide bonds. The summed E-state index contributed by atoms with van der Waals surface area (Å²) in [5, 5.41) is 11.7. The second-order valence-corrected chi connectivity index (χ2v) is 5.52. The maximum absolute atomic E-state index is 12.0. The monoisotopic (exact) mass is 293 g/mol. The standard InChI is InChI=1S/C16H23NO4/c1-11(2)7-14(16(19)20)17-15(18)9-12-5-4-6-13(8-12)10-21-3/h4-6,8,11,14H,7,9-10H2,1-3H3,(H,17,18)(H,19,20)/t14-/m1/s1. The SMILES string of the molecule is COCc1cccc(CC(=O)N[C@H](CC(C)C)C(=O)O)c1. The van der Waals surface area contributed by atoms with Gasteiger partial charge >= 0.3 is 5.97 Å². The van der Waals surface area contributed by atoms with Gasteiger partial charge in [0.25, 0.3) is 0 Å². The molecule has 0 aromatic heterocycles. The quantitative estimate of drug-likeness (QED) is 0.768. The number of hydrogen-bond donors (Lipinski definition) is 2. The highest BCUT2D eigenvalue weighted by molar-refractivity contribution is 5.84. The molecule has 0 aliphatic rings. The van der Waals surface area contributed by atoms with Gasteiger partial charge in [0.15, 0.2) is 0 Å². The number of amides is 1. The van der Waals surface area contributed by atoms with Crippen LogP contribution in [0, 0.1) is 5.92 Å². The van der Waals surface area contributed by atoms with Gasteiger partial charge in [0.2, 0.25) is 5.91 Å². The Bertz CT molecular complexity index is 485. The van der Waals surface area contributed by atoms with Crippen molar-refractivity contribution in [1.29, 1.82) is 0 Å². The number of nitrogens with one attached hydrogen (secondary N) is 1. The smallest absolute Gasteiger partial charge is 0.326 e. The van der Waals surface area contributed by atoms with Gasteiger partial charge in [-0.15, -0.1) is 0 Å². The number of carbonyl (C=O) groups excluding carboxylic acids is 1. The average Bonchev–Trinajstić information content (AvgIpc) is 2.38. The predicted octanol–water partition coefficient (Wildman–Crippen LogP) is 1.99. The number of benzene rings is 1. The van der Waals surface area contributed by atoms with Gasteiger partial charge in [0.05, 0.1) is 13.0 Å². The Morgan fingerprint density at radius 2 is 1.95 bits per heavy atom. The van der Waals surface area contributed by atoms with Crippen LogP contribution in [0.5, 0.6) is 0 Å². The maximum atomic E-state index is 12.0. The summed E-state index contributed by atoms with van der Waals surface area (Å²) in [6.45, 7) is 4.34. The Balaban J connectivity index is 2.63. The number of carboxylic acids is 1. The van der Waals surface area contributed by atoms with E-state index in [0.717, 1.165) is 11.1 Å². The molecular weight excluding hydrogens is 270 g/mol. The lowest BCUT2D eigenvalue weighted by molar-refractivity contribution is -0.142. The maximum Gasteiger partial charge on any atom is 0.326 e. The molecule has 21 heavy (non-hydrogen) atoms. The van der Waals surface area contributed by atoms with E-state index in [0.29, 0.717) is 13.0 Å². The molecule has 0 aliphatic carbocycles. The van der Waals surface area contributed by atoms with Crippen molar-refractivity contribution in [2.24, 2.45) is 5.92 Å². The highest BCUT2D eigenvalue weighted by Gasteiger charge is 2.20. The second kappa shape index (κ2) is 8.42. The van der Waals surface area contributed by atoms with E-state index in [9.17, 15) is 9.59 Å². The summed E-state index contributed by atoms with van der Waals surface area (Å²) >= 11 is 0. The van der Waals surface area contributed by atoms with Crippen LogP contribution in [0.25, 0.3) is 0 Å². The zero-order valence-electron chi connectivity index (χ0n) is 12.8. The minimum Gasteiger partial charge on any atom is -0.480 e. The Morgan fingerprint density at radius 1 is 1.29 bits per heavy atom. The van der Waals surface area contributed by atoms with Gasteiger partial charge in [0, 0.05) is 7.11 Å². The molecule has 0 bridgehead atoms.